The van der Waals surface area contributed by atoms with Gasteiger partial charge < -0.3 is 4.57 Å². The zero-order valence-electron chi connectivity index (χ0n) is 9.92. The van der Waals surface area contributed by atoms with Crippen LogP contribution in [0.25, 0.3) is 0 Å². The van der Waals surface area contributed by atoms with Crippen LogP contribution in [0.3, 0.4) is 0 Å². The van der Waals surface area contributed by atoms with E-state index < -0.39 is 0 Å². The molecule has 0 radical (unpaired) electrons. The van der Waals surface area contributed by atoms with Crippen LogP contribution >= 0.6 is 0 Å². The molecule has 2 rings (SSSR count). The maximum Gasteiger partial charge on any atom is 0.265 e. The second-order valence-electron chi connectivity index (χ2n) is 3.86. The number of aromatic nitrogens is 4. The minimum atomic E-state index is -0.233. The number of nitrogens with zero attached hydrogens (tertiary/aromatic N) is 4. The summed E-state index contributed by atoms with van der Waals surface area (Å²) in [5.41, 5.74) is 0.929. The Balaban J connectivity index is 2.30. The van der Waals surface area contributed by atoms with Gasteiger partial charge >= 0.3 is 0 Å². The van der Waals surface area contributed by atoms with Crippen molar-refractivity contribution in [2.75, 3.05) is 0 Å². The van der Waals surface area contributed by atoms with E-state index in [1.54, 1.807) is 24.8 Å². The lowest BCUT2D eigenvalue weighted by Gasteiger charge is -2.04. The Bertz CT molecular complexity index is 516. The van der Waals surface area contributed by atoms with Gasteiger partial charge in [0.05, 0.1) is 0 Å². The van der Waals surface area contributed by atoms with Gasteiger partial charge in [-0.25, -0.2) is 15.0 Å². The molecule has 0 atom stereocenters. The standard InChI is InChI=1S/C12H14N4O/c1-3-5-16-6-4-13-12(16)10(17)11-14-7-9(2)8-15-11/h4,6-8H,3,5H2,1-2H3. The van der Waals surface area contributed by atoms with Gasteiger partial charge in [0.1, 0.15) is 0 Å². The summed E-state index contributed by atoms with van der Waals surface area (Å²) in [5.74, 6) is 0.360. The van der Waals surface area contributed by atoms with E-state index in [2.05, 4.69) is 21.9 Å². The molecule has 0 amide bonds. The molecule has 17 heavy (non-hydrogen) atoms. The van der Waals surface area contributed by atoms with E-state index in [0.29, 0.717) is 5.82 Å². The summed E-state index contributed by atoms with van der Waals surface area (Å²) < 4.78 is 1.82. The van der Waals surface area contributed by atoms with Crippen LogP contribution in [0.1, 0.15) is 35.4 Å². The number of rotatable bonds is 4. The van der Waals surface area contributed by atoms with Gasteiger partial charge in [-0.3, -0.25) is 4.79 Å². The molecule has 0 saturated heterocycles. The highest BCUT2D eigenvalue weighted by molar-refractivity contribution is 6.03. The molecular formula is C12H14N4O. The lowest BCUT2D eigenvalue weighted by molar-refractivity contribution is 0.101. The van der Waals surface area contributed by atoms with Crippen molar-refractivity contribution >= 4 is 5.78 Å². The van der Waals surface area contributed by atoms with Gasteiger partial charge in [0.25, 0.3) is 5.78 Å². The fourth-order valence-corrected chi connectivity index (χ4v) is 1.55. The normalized spacial score (nSPS) is 10.5. The predicted molar refractivity (Wildman–Crippen MR) is 62.7 cm³/mol. The first-order valence-corrected chi connectivity index (χ1v) is 5.57. The molecule has 0 aliphatic heterocycles. The molecule has 5 nitrogen and oxygen atoms in total. The van der Waals surface area contributed by atoms with Gasteiger partial charge in [-0.2, -0.15) is 0 Å². The van der Waals surface area contributed by atoms with Crippen molar-refractivity contribution in [3.05, 3.63) is 42.0 Å². The van der Waals surface area contributed by atoms with E-state index in [0.717, 1.165) is 18.5 Å². The van der Waals surface area contributed by atoms with Crippen LogP contribution in [0.4, 0.5) is 0 Å². The van der Waals surface area contributed by atoms with Gasteiger partial charge in [-0.15, -0.1) is 0 Å². The largest absolute Gasteiger partial charge is 0.328 e. The van der Waals surface area contributed by atoms with E-state index in [-0.39, 0.29) is 11.6 Å². The number of ketones is 1. The lowest BCUT2D eigenvalue weighted by Crippen LogP contribution is -2.14. The van der Waals surface area contributed by atoms with Crippen LogP contribution in [0.2, 0.25) is 0 Å². The number of carbonyl (C=O) groups is 1. The van der Waals surface area contributed by atoms with Gasteiger partial charge in [0.2, 0.25) is 5.82 Å². The smallest absolute Gasteiger partial charge is 0.265 e. The highest BCUT2D eigenvalue weighted by Gasteiger charge is 2.17. The third-order valence-electron chi connectivity index (χ3n) is 2.37. The van der Waals surface area contributed by atoms with Crippen molar-refractivity contribution in [1.29, 1.82) is 0 Å². The van der Waals surface area contributed by atoms with Crippen molar-refractivity contribution in [1.82, 2.24) is 19.5 Å². The average Bonchev–Trinajstić information content (AvgIpc) is 2.78. The Hall–Kier alpha value is -2.04. The Kier molecular flexibility index (Phi) is 3.27. The first-order valence-electron chi connectivity index (χ1n) is 5.57. The van der Waals surface area contributed by atoms with Crippen LogP contribution in [0, 0.1) is 6.92 Å². The van der Waals surface area contributed by atoms with Crippen LogP contribution in [-0.2, 0) is 6.54 Å². The molecule has 0 spiro atoms. The number of imidazole rings is 1. The molecule has 0 saturated carbocycles. The zero-order valence-corrected chi connectivity index (χ0v) is 9.92. The summed E-state index contributed by atoms with van der Waals surface area (Å²) in [6.07, 6.45) is 7.63. The number of aryl methyl sites for hydroxylation is 2. The first kappa shape index (κ1) is 11.4. The molecule has 0 fully saturated rings. The summed E-state index contributed by atoms with van der Waals surface area (Å²) in [4.78, 5) is 24.2. The summed E-state index contributed by atoms with van der Waals surface area (Å²) in [6.45, 7) is 4.70. The summed E-state index contributed by atoms with van der Waals surface area (Å²) >= 11 is 0. The molecule has 2 heterocycles. The van der Waals surface area contributed by atoms with Gasteiger partial charge in [-0.1, -0.05) is 6.92 Å². The molecular weight excluding hydrogens is 216 g/mol. The lowest BCUT2D eigenvalue weighted by atomic mass is 10.3. The Morgan fingerprint density at radius 3 is 2.65 bits per heavy atom. The van der Waals surface area contributed by atoms with E-state index in [4.69, 9.17) is 0 Å². The third-order valence-corrected chi connectivity index (χ3v) is 2.37. The zero-order chi connectivity index (χ0) is 12.3. The molecule has 2 aromatic rings. The van der Waals surface area contributed by atoms with Crippen molar-refractivity contribution in [2.24, 2.45) is 0 Å². The molecule has 0 bridgehead atoms. The average molecular weight is 230 g/mol. The van der Waals surface area contributed by atoms with Crippen LogP contribution in [-0.4, -0.2) is 25.3 Å². The SMILES string of the molecule is CCCn1ccnc1C(=O)c1ncc(C)cn1. The molecule has 5 heteroatoms. The molecule has 2 aromatic heterocycles. The fraction of sp³-hybridized carbons (Fsp3) is 0.333. The topological polar surface area (TPSA) is 60.7 Å². The Labute approximate surface area is 99.6 Å². The summed E-state index contributed by atoms with van der Waals surface area (Å²) in [6, 6.07) is 0. The van der Waals surface area contributed by atoms with Crippen LogP contribution < -0.4 is 0 Å². The molecule has 0 N–H and O–H groups in total. The Morgan fingerprint density at radius 1 is 1.29 bits per heavy atom. The number of carbonyl (C=O) groups excluding carboxylic acids is 1. The molecule has 0 unspecified atom stereocenters. The highest BCUT2D eigenvalue weighted by atomic mass is 16.1. The second-order valence-corrected chi connectivity index (χ2v) is 3.86. The Morgan fingerprint density at radius 2 is 2.00 bits per heavy atom. The van der Waals surface area contributed by atoms with Gasteiger partial charge in [-0.05, 0) is 18.9 Å². The maximum absolute atomic E-state index is 12.1. The van der Waals surface area contributed by atoms with E-state index >= 15 is 0 Å². The van der Waals surface area contributed by atoms with Crippen LogP contribution in [0.5, 0.6) is 0 Å². The monoisotopic (exact) mass is 230 g/mol. The van der Waals surface area contributed by atoms with Crippen molar-refractivity contribution in [3.8, 4) is 0 Å². The van der Waals surface area contributed by atoms with Gasteiger partial charge in [0, 0.05) is 31.3 Å². The summed E-state index contributed by atoms with van der Waals surface area (Å²) in [7, 11) is 0. The fourth-order valence-electron chi connectivity index (χ4n) is 1.55. The van der Waals surface area contributed by atoms with E-state index in [9.17, 15) is 4.79 Å². The molecule has 0 aromatic carbocycles. The molecule has 0 aliphatic carbocycles. The quantitative estimate of drug-likeness (QED) is 0.749. The number of hydrogen-bond donors (Lipinski definition) is 0. The summed E-state index contributed by atoms with van der Waals surface area (Å²) in [5, 5.41) is 0. The second kappa shape index (κ2) is 4.86. The number of hydrogen-bond acceptors (Lipinski definition) is 4. The highest BCUT2D eigenvalue weighted by Crippen LogP contribution is 2.05. The first-order chi connectivity index (χ1) is 8.22. The minimum absolute atomic E-state index is 0.194. The molecule has 0 aliphatic rings. The van der Waals surface area contributed by atoms with Crippen LogP contribution in [0.15, 0.2) is 24.8 Å². The predicted octanol–water partition coefficient (Wildman–Crippen LogP) is 1.62. The van der Waals surface area contributed by atoms with Crippen molar-refractivity contribution < 1.29 is 4.79 Å². The third kappa shape index (κ3) is 2.38. The minimum Gasteiger partial charge on any atom is -0.328 e. The molecule has 88 valence electrons. The van der Waals surface area contributed by atoms with Crippen molar-refractivity contribution in [2.45, 2.75) is 26.8 Å². The van der Waals surface area contributed by atoms with Crippen molar-refractivity contribution in [3.63, 3.8) is 0 Å². The maximum atomic E-state index is 12.1. The van der Waals surface area contributed by atoms with E-state index in [1.807, 2.05) is 11.5 Å². The van der Waals surface area contributed by atoms with E-state index in [1.165, 1.54) is 0 Å². The van der Waals surface area contributed by atoms with Gasteiger partial charge in [0.15, 0.2) is 5.82 Å².